The second kappa shape index (κ2) is 8.41. The molecule has 3 aromatic rings. The van der Waals surface area contributed by atoms with Gasteiger partial charge in [-0.1, -0.05) is 13.0 Å². The minimum Gasteiger partial charge on any atom is -0.342 e. The fourth-order valence-corrected chi connectivity index (χ4v) is 3.79. The smallest absolute Gasteiger partial charge is 0.342 e. The molecule has 7 nitrogen and oxygen atoms in total. The number of hydrogen-bond acceptors (Lipinski definition) is 5. The Hall–Kier alpha value is -3.57. The van der Waals surface area contributed by atoms with Crippen molar-refractivity contribution in [1.82, 2.24) is 19.5 Å². The summed E-state index contributed by atoms with van der Waals surface area (Å²) < 4.78 is 68.3. The van der Waals surface area contributed by atoms with E-state index < -0.39 is 36.8 Å². The Morgan fingerprint density at radius 2 is 1.91 bits per heavy atom. The molecule has 0 saturated carbocycles. The number of benzene rings is 1. The second-order valence-corrected chi connectivity index (χ2v) is 7.48. The van der Waals surface area contributed by atoms with Gasteiger partial charge in [-0.2, -0.15) is 18.2 Å². The van der Waals surface area contributed by atoms with Gasteiger partial charge in [0.15, 0.2) is 17.5 Å². The molecular formula is C21H19F5N6O. The van der Waals surface area contributed by atoms with E-state index in [-0.39, 0.29) is 41.2 Å². The highest BCUT2D eigenvalue weighted by atomic mass is 19.4. The average molecular weight is 466 g/mol. The number of carbonyl (C=O) groups is 1. The van der Waals surface area contributed by atoms with E-state index in [0.717, 1.165) is 6.07 Å². The Morgan fingerprint density at radius 1 is 1.15 bits per heavy atom. The van der Waals surface area contributed by atoms with Crippen molar-refractivity contribution in [2.24, 2.45) is 0 Å². The SMILES string of the molecule is CC[C@@H]1C(=O)N(C)c2cnc(-n3ccnc3-c3cccc(F)c3F)nc2N1CCC(F)(F)F. The zero-order chi connectivity index (χ0) is 23.9. The molecular weight excluding hydrogens is 447 g/mol. The molecule has 0 fully saturated rings. The number of rotatable bonds is 5. The lowest BCUT2D eigenvalue weighted by atomic mass is 10.1. The molecule has 1 atom stereocenters. The van der Waals surface area contributed by atoms with Gasteiger partial charge in [-0.25, -0.2) is 18.7 Å². The van der Waals surface area contributed by atoms with Crippen LogP contribution in [0, 0.1) is 11.6 Å². The van der Waals surface area contributed by atoms with Gasteiger partial charge in [0.1, 0.15) is 17.6 Å². The molecule has 2 aromatic heterocycles. The quantitative estimate of drug-likeness (QED) is 0.530. The van der Waals surface area contributed by atoms with E-state index in [1.54, 1.807) is 6.92 Å². The van der Waals surface area contributed by atoms with Crippen molar-refractivity contribution in [3.8, 4) is 17.3 Å². The first-order valence-electron chi connectivity index (χ1n) is 10.1. The number of nitrogens with zero attached hydrogens (tertiary/aromatic N) is 6. The predicted molar refractivity (Wildman–Crippen MR) is 110 cm³/mol. The Kier molecular flexibility index (Phi) is 5.76. The van der Waals surface area contributed by atoms with Gasteiger partial charge in [-0.05, 0) is 18.6 Å². The summed E-state index contributed by atoms with van der Waals surface area (Å²) >= 11 is 0. The third-order valence-electron chi connectivity index (χ3n) is 5.43. The first-order valence-corrected chi connectivity index (χ1v) is 10.1. The Bertz CT molecular complexity index is 1190. The van der Waals surface area contributed by atoms with Crippen LogP contribution in [-0.4, -0.2) is 51.2 Å². The summed E-state index contributed by atoms with van der Waals surface area (Å²) in [5, 5.41) is 0. The van der Waals surface area contributed by atoms with Crippen LogP contribution in [0.4, 0.5) is 33.5 Å². The number of imidazole rings is 1. The van der Waals surface area contributed by atoms with E-state index in [1.165, 1.54) is 52.1 Å². The largest absolute Gasteiger partial charge is 0.390 e. The van der Waals surface area contributed by atoms with Crippen molar-refractivity contribution in [3.63, 3.8) is 0 Å². The van der Waals surface area contributed by atoms with Crippen LogP contribution < -0.4 is 9.80 Å². The standard InChI is InChI=1S/C21H19F5N6O/c1-3-14-19(33)30(2)15-11-28-20(29-18(15)31(14)9-7-21(24,25)26)32-10-8-27-17(32)12-5-4-6-13(22)16(12)23/h4-6,8,10-11,14H,3,7,9H2,1-2H3/t14-/m1/s1. The topological polar surface area (TPSA) is 67.2 Å². The first kappa shape index (κ1) is 22.6. The van der Waals surface area contributed by atoms with Gasteiger partial charge in [0.2, 0.25) is 11.9 Å². The highest BCUT2D eigenvalue weighted by molar-refractivity contribution is 6.04. The van der Waals surface area contributed by atoms with Crippen LogP contribution in [-0.2, 0) is 4.79 Å². The molecule has 1 aromatic carbocycles. The molecule has 1 amide bonds. The molecule has 0 N–H and O–H groups in total. The molecule has 33 heavy (non-hydrogen) atoms. The third-order valence-corrected chi connectivity index (χ3v) is 5.43. The number of amides is 1. The van der Waals surface area contributed by atoms with Crippen LogP contribution in [0.25, 0.3) is 17.3 Å². The molecule has 1 aliphatic rings. The predicted octanol–water partition coefficient (Wildman–Crippen LogP) is 4.12. The number of carbonyl (C=O) groups excluding carboxylic acids is 1. The van der Waals surface area contributed by atoms with Gasteiger partial charge in [-0.15, -0.1) is 0 Å². The zero-order valence-corrected chi connectivity index (χ0v) is 17.6. The number of likely N-dealkylation sites (N-methyl/N-ethyl adjacent to an activating group) is 1. The lowest BCUT2D eigenvalue weighted by molar-refractivity contribution is -0.133. The summed E-state index contributed by atoms with van der Waals surface area (Å²) in [6.45, 7) is 1.23. The Labute approximate surface area is 185 Å². The average Bonchev–Trinajstić information content (AvgIpc) is 3.25. The molecule has 4 rings (SSSR count). The fraction of sp³-hybridized carbons (Fsp3) is 0.333. The third kappa shape index (κ3) is 4.12. The maximum absolute atomic E-state index is 14.4. The molecule has 12 heteroatoms. The lowest BCUT2D eigenvalue weighted by Gasteiger charge is -2.40. The van der Waals surface area contributed by atoms with Crippen molar-refractivity contribution in [2.75, 3.05) is 23.4 Å². The van der Waals surface area contributed by atoms with E-state index >= 15 is 0 Å². The van der Waals surface area contributed by atoms with Gasteiger partial charge in [0.25, 0.3) is 0 Å². The van der Waals surface area contributed by atoms with Crippen LogP contribution in [0.3, 0.4) is 0 Å². The minimum atomic E-state index is -4.42. The molecule has 0 radical (unpaired) electrons. The van der Waals surface area contributed by atoms with Crippen LogP contribution >= 0.6 is 0 Å². The van der Waals surface area contributed by atoms with Crippen LogP contribution in [0.15, 0.2) is 36.8 Å². The number of anilines is 2. The minimum absolute atomic E-state index is 0.0143. The van der Waals surface area contributed by atoms with E-state index in [1.807, 2.05) is 0 Å². The van der Waals surface area contributed by atoms with Gasteiger partial charge < -0.3 is 9.80 Å². The summed E-state index contributed by atoms with van der Waals surface area (Å²) in [6.07, 6.45) is -1.21. The normalized spacial score (nSPS) is 16.3. The van der Waals surface area contributed by atoms with Crippen molar-refractivity contribution in [3.05, 3.63) is 48.4 Å². The van der Waals surface area contributed by atoms with E-state index in [2.05, 4.69) is 15.0 Å². The van der Waals surface area contributed by atoms with Crippen LogP contribution in [0.2, 0.25) is 0 Å². The van der Waals surface area contributed by atoms with Crippen molar-refractivity contribution in [2.45, 2.75) is 32.0 Å². The highest BCUT2D eigenvalue weighted by Gasteiger charge is 2.39. The Morgan fingerprint density at radius 3 is 2.61 bits per heavy atom. The highest BCUT2D eigenvalue weighted by Crippen LogP contribution is 2.36. The molecule has 0 bridgehead atoms. The number of halogens is 5. The fourth-order valence-electron chi connectivity index (χ4n) is 3.79. The molecule has 174 valence electrons. The number of alkyl halides is 3. The lowest BCUT2D eigenvalue weighted by Crippen LogP contribution is -2.53. The summed E-state index contributed by atoms with van der Waals surface area (Å²) in [4.78, 5) is 28.0. The van der Waals surface area contributed by atoms with Crippen molar-refractivity contribution in [1.29, 1.82) is 0 Å². The maximum Gasteiger partial charge on any atom is 0.390 e. The second-order valence-electron chi connectivity index (χ2n) is 7.48. The molecule has 3 heterocycles. The van der Waals surface area contributed by atoms with Gasteiger partial charge >= 0.3 is 6.18 Å². The number of hydrogen-bond donors (Lipinski definition) is 0. The summed E-state index contributed by atoms with van der Waals surface area (Å²) in [6, 6.07) is 2.80. The van der Waals surface area contributed by atoms with E-state index in [0.29, 0.717) is 0 Å². The molecule has 0 saturated heterocycles. The number of fused-ring (bicyclic) bond motifs is 1. The van der Waals surface area contributed by atoms with Crippen molar-refractivity contribution < 1.29 is 26.7 Å². The summed E-state index contributed by atoms with van der Waals surface area (Å²) in [5.74, 6) is -2.39. The summed E-state index contributed by atoms with van der Waals surface area (Å²) in [7, 11) is 1.50. The molecule has 1 aliphatic heterocycles. The van der Waals surface area contributed by atoms with E-state index in [9.17, 15) is 26.7 Å². The Balaban J connectivity index is 1.82. The molecule has 0 unspecified atom stereocenters. The van der Waals surface area contributed by atoms with Gasteiger partial charge in [0, 0.05) is 26.0 Å². The number of aromatic nitrogens is 4. The monoisotopic (exact) mass is 466 g/mol. The molecule has 0 aliphatic carbocycles. The maximum atomic E-state index is 14.4. The van der Waals surface area contributed by atoms with Gasteiger partial charge in [0.05, 0.1) is 18.2 Å². The molecule has 0 spiro atoms. The van der Waals surface area contributed by atoms with E-state index in [4.69, 9.17) is 0 Å². The summed E-state index contributed by atoms with van der Waals surface area (Å²) in [5.41, 5.74) is 0.114. The zero-order valence-electron chi connectivity index (χ0n) is 17.6. The van der Waals surface area contributed by atoms with Crippen LogP contribution in [0.5, 0.6) is 0 Å². The van der Waals surface area contributed by atoms with Crippen molar-refractivity contribution >= 4 is 17.4 Å². The van der Waals surface area contributed by atoms with Crippen LogP contribution in [0.1, 0.15) is 19.8 Å². The first-order chi connectivity index (χ1) is 15.6. The van der Waals surface area contributed by atoms with Gasteiger partial charge in [-0.3, -0.25) is 9.36 Å².